The first-order chi connectivity index (χ1) is 13.0. The number of ether oxygens (including phenoxy) is 1. The molecule has 0 bridgehead atoms. The second kappa shape index (κ2) is 6.52. The average molecular weight is 368 g/mol. The Morgan fingerprint density at radius 1 is 1.22 bits per heavy atom. The smallest absolute Gasteiger partial charge is 0.287 e. The first-order valence-corrected chi connectivity index (χ1v) is 8.03. The lowest BCUT2D eigenvalue weighted by Gasteiger charge is -2.18. The van der Waals surface area contributed by atoms with Gasteiger partial charge in [-0.3, -0.25) is 14.4 Å². The molecular formula is C18H13FN4O4. The van der Waals surface area contributed by atoms with Crippen LogP contribution in [0, 0.1) is 5.82 Å². The number of hydrogen-bond acceptors (Lipinski definition) is 5. The Hall–Kier alpha value is -3.75. The molecule has 9 heteroatoms. The minimum atomic E-state index is -0.599. The van der Waals surface area contributed by atoms with Gasteiger partial charge >= 0.3 is 0 Å². The monoisotopic (exact) mass is 368 g/mol. The van der Waals surface area contributed by atoms with Crippen LogP contribution in [0.2, 0.25) is 0 Å². The predicted molar refractivity (Wildman–Crippen MR) is 94.1 cm³/mol. The van der Waals surface area contributed by atoms with Gasteiger partial charge in [0.2, 0.25) is 0 Å². The Kier molecular flexibility index (Phi) is 4.03. The molecule has 4 rings (SSSR count). The fourth-order valence-electron chi connectivity index (χ4n) is 2.72. The number of halogens is 1. The number of nitrogens with zero attached hydrogens (tertiary/aromatic N) is 1. The molecule has 0 unspecified atom stereocenters. The first-order valence-electron chi connectivity index (χ1n) is 8.03. The number of rotatable bonds is 3. The Labute approximate surface area is 151 Å². The summed E-state index contributed by atoms with van der Waals surface area (Å²) >= 11 is 0. The molecule has 3 N–H and O–H groups in total. The van der Waals surface area contributed by atoms with Gasteiger partial charge in [-0.25, -0.2) is 9.37 Å². The summed E-state index contributed by atoms with van der Waals surface area (Å²) in [5.74, 6) is -1.02. The maximum atomic E-state index is 13.2. The number of fused-ring (bicyclic) bond motifs is 2. The minimum absolute atomic E-state index is 0.0338. The predicted octanol–water partition coefficient (Wildman–Crippen LogP) is 1.32. The Balaban J connectivity index is 1.52. The number of aromatic nitrogens is 2. The lowest BCUT2D eigenvalue weighted by Crippen LogP contribution is -2.28. The summed E-state index contributed by atoms with van der Waals surface area (Å²) in [4.78, 5) is 42.1. The van der Waals surface area contributed by atoms with E-state index in [-0.39, 0.29) is 35.8 Å². The molecule has 27 heavy (non-hydrogen) atoms. The number of carbonyl (C=O) groups is 2. The molecule has 2 heterocycles. The van der Waals surface area contributed by atoms with Crippen LogP contribution in [0.15, 0.2) is 41.2 Å². The lowest BCUT2D eigenvalue weighted by molar-refractivity contribution is -0.118. The fraction of sp³-hybridized carbons (Fsp3) is 0.111. The van der Waals surface area contributed by atoms with Crippen LogP contribution in [0.5, 0.6) is 5.75 Å². The molecule has 0 fully saturated rings. The zero-order valence-corrected chi connectivity index (χ0v) is 13.8. The normalized spacial score (nSPS) is 12.9. The van der Waals surface area contributed by atoms with Crippen molar-refractivity contribution in [2.45, 2.75) is 6.54 Å². The molecule has 8 nitrogen and oxygen atoms in total. The Morgan fingerprint density at radius 2 is 2.07 bits per heavy atom. The summed E-state index contributed by atoms with van der Waals surface area (Å²) in [5, 5.41) is 5.39. The van der Waals surface area contributed by atoms with Crippen LogP contribution in [0.3, 0.4) is 0 Å². The lowest BCUT2D eigenvalue weighted by atomic mass is 10.1. The van der Waals surface area contributed by atoms with E-state index in [9.17, 15) is 18.8 Å². The van der Waals surface area contributed by atoms with Crippen molar-refractivity contribution in [2.75, 3.05) is 11.9 Å². The minimum Gasteiger partial charge on any atom is -0.482 e. The Morgan fingerprint density at radius 3 is 2.93 bits per heavy atom. The zero-order chi connectivity index (χ0) is 19.0. The van der Waals surface area contributed by atoms with Gasteiger partial charge in [-0.1, -0.05) is 6.07 Å². The molecule has 0 saturated heterocycles. The highest BCUT2D eigenvalue weighted by Crippen LogP contribution is 2.28. The number of anilines is 1. The second-order valence-electron chi connectivity index (χ2n) is 5.93. The number of benzene rings is 2. The number of nitrogens with one attached hydrogen (secondary N) is 3. The molecular weight excluding hydrogens is 355 g/mol. The molecule has 0 saturated carbocycles. The van der Waals surface area contributed by atoms with Gasteiger partial charge in [0.15, 0.2) is 12.4 Å². The van der Waals surface area contributed by atoms with Crippen molar-refractivity contribution in [2.24, 2.45) is 0 Å². The molecule has 2 aromatic carbocycles. The third kappa shape index (κ3) is 3.34. The van der Waals surface area contributed by atoms with Crippen LogP contribution < -0.4 is 20.9 Å². The standard InChI is InChI=1S/C18H13FN4O4/c19-10-2-3-12-11(6-10)17(25)23-16(22-12)18(26)20-7-9-1-4-14-13(5-9)21-15(24)8-27-14/h1-6H,7-8H2,(H,20,26)(H,21,24)(H,22,23,25). The van der Waals surface area contributed by atoms with E-state index < -0.39 is 17.3 Å². The molecule has 1 aliphatic rings. The molecule has 0 aliphatic carbocycles. The van der Waals surface area contributed by atoms with E-state index >= 15 is 0 Å². The van der Waals surface area contributed by atoms with Gasteiger partial charge in [0, 0.05) is 6.54 Å². The van der Waals surface area contributed by atoms with Crippen LogP contribution in [-0.2, 0) is 11.3 Å². The molecule has 0 radical (unpaired) electrons. The van der Waals surface area contributed by atoms with Gasteiger partial charge in [-0.05, 0) is 35.9 Å². The molecule has 1 aromatic heterocycles. The maximum Gasteiger partial charge on any atom is 0.287 e. The maximum absolute atomic E-state index is 13.2. The van der Waals surface area contributed by atoms with Crippen molar-refractivity contribution < 1.29 is 18.7 Å². The van der Waals surface area contributed by atoms with Crippen molar-refractivity contribution in [1.29, 1.82) is 0 Å². The topological polar surface area (TPSA) is 113 Å². The summed E-state index contributed by atoms with van der Waals surface area (Å²) in [7, 11) is 0. The molecule has 0 atom stereocenters. The van der Waals surface area contributed by atoms with Crippen molar-refractivity contribution in [1.82, 2.24) is 15.3 Å². The van der Waals surface area contributed by atoms with Gasteiger partial charge in [0.05, 0.1) is 16.6 Å². The van der Waals surface area contributed by atoms with Gasteiger partial charge in [-0.15, -0.1) is 0 Å². The van der Waals surface area contributed by atoms with Crippen LogP contribution in [-0.4, -0.2) is 28.4 Å². The summed E-state index contributed by atoms with van der Waals surface area (Å²) in [6.07, 6.45) is 0. The summed E-state index contributed by atoms with van der Waals surface area (Å²) in [5.41, 5.74) is 0.868. The summed E-state index contributed by atoms with van der Waals surface area (Å²) in [6.45, 7) is 0.112. The number of H-pyrrole nitrogens is 1. The molecule has 1 aliphatic heterocycles. The highest BCUT2D eigenvalue weighted by molar-refractivity contribution is 5.95. The van der Waals surface area contributed by atoms with E-state index in [0.29, 0.717) is 11.4 Å². The van der Waals surface area contributed by atoms with Crippen LogP contribution in [0.1, 0.15) is 16.2 Å². The number of amides is 2. The third-order valence-electron chi connectivity index (χ3n) is 4.01. The van der Waals surface area contributed by atoms with E-state index in [1.807, 2.05) is 0 Å². The molecule has 0 spiro atoms. The van der Waals surface area contributed by atoms with Crippen LogP contribution in [0.4, 0.5) is 10.1 Å². The molecule has 136 valence electrons. The number of hydrogen-bond donors (Lipinski definition) is 3. The quantitative estimate of drug-likeness (QED) is 0.645. The van der Waals surface area contributed by atoms with E-state index in [1.54, 1.807) is 18.2 Å². The van der Waals surface area contributed by atoms with Gasteiger partial charge in [0.1, 0.15) is 11.6 Å². The van der Waals surface area contributed by atoms with Crippen molar-refractivity contribution in [3.8, 4) is 5.75 Å². The number of aromatic amines is 1. The van der Waals surface area contributed by atoms with Gasteiger partial charge in [-0.2, -0.15) is 0 Å². The number of carbonyl (C=O) groups excluding carboxylic acids is 2. The summed E-state index contributed by atoms with van der Waals surface area (Å²) in [6, 6.07) is 8.69. The molecule has 3 aromatic rings. The highest BCUT2D eigenvalue weighted by atomic mass is 19.1. The highest BCUT2D eigenvalue weighted by Gasteiger charge is 2.16. The van der Waals surface area contributed by atoms with E-state index in [4.69, 9.17) is 4.74 Å². The van der Waals surface area contributed by atoms with E-state index in [0.717, 1.165) is 11.6 Å². The van der Waals surface area contributed by atoms with Crippen LogP contribution >= 0.6 is 0 Å². The van der Waals surface area contributed by atoms with E-state index in [1.165, 1.54) is 12.1 Å². The van der Waals surface area contributed by atoms with Gasteiger partial charge < -0.3 is 20.4 Å². The van der Waals surface area contributed by atoms with Crippen molar-refractivity contribution in [3.63, 3.8) is 0 Å². The van der Waals surface area contributed by atoms with E-state index in [2.05, 4.69) is 20.6 Å². The van der Waals surface area contributed by atoms with Crippen LogP contribution in [0.25, 0.3) is 10.9 Å². The van der Waals surface area contributed by atoms with Crippen molar-refractivity contribution >= 4 is 28.4 Å². The fourth-order valence-corrected chi connectivity index (χ4v) is 2.72. The largest absolute Gasteiger partial charge is 0.482 e. The van der Waals surface area contributed by atoms with Crippen molar-refractivity contribution in [3.05, 3.63) is 64.0 Å². The average Bonchev–Trinajstić information content (AvgIpc) is 2.66. The van der Waals surface area contributed by atoms with Gasteiger partial charge in [0.25, 0.3) is 17.4 Å². The third-order valence-corrected chi connectivity index (χ3v) is 4.01. The second-order valence-corrected chi connectivity index (χ2v) is 5.93. The Bertz CT molecular complexity index is 1140. The molecule has 2 amide bonds. The summed E-state index contributed by atoms with van der Waals surface area (Å²) < 4.78 is 18.5. The zero-order valence-electron chi connectivity index (χ0n) is 13.8. The first kappa shape index (κ1) is 16.7. The SMILES string of the molecule is O=C1COc2ccc(CNC(=O)c3nc4ccc(F)cc4c(=O)[nH]3)cc2N1.